The van der Waals surface area contributed by atoms with Crippen molar-refractivity contribution >= 4 is 28.8 Å². The zero-order valence-electron chi connectivity index (χ0n) is 18.1. The number of aryl methyl sites for hydroxylation is 1. The number of hydrogen-bond donors (Lipinski definition) is 0. The second-order valence-corrected chi connectivity index (χ2v) is 12.4. The van der Waals surface area contributed by atoms with Crippen LogP contribution in [0.5, 0.6) is 0 Å². The molecular weight excluding hydrogens is 400 g/mol. The van der Waals surface area contributed by atoms with Crippen LogP contribution in [0.3, 0.4) is 0 Å². The SMILES string of the molecule is Cc1ccc2c(c1)-c1ccccc1-c1ccccc1[Si]2(c1ccccc1)c1ccccc1. The standard InChI is InChI=1S/C31H24Si/c1-23-20-21-31-29(22-23)27-17-9-8-16-26(27)28-18-10-11-19-30(28)32(31,24-12-4-2-5-13-24)25-14-6-3-7-15-25/h2-22H,1H3. The predicted molar refractivity (Wildman–Crippen MR) is 139 cm³/mol. The summed E-state index contributed by atoms with van der Waals surface area (Å²) in [5.41, 5.74) is 6.69. The van der Waals surface area contributed by atoms with E-state index >= 15 is 0 Å². The molecule has 0 nitrogen and oxygen atoms in total. The molecule has 0 saturated heterocycles. The highest BCUT2D eigenvalue weighted by atomic mass is 28.3. The van der Waals surface area contributed by atoms with Crippen molar-refractivity contribution in [2.45, 2.75) is 6.92 Å². The summed E-state index contributed by atoms with van der Waals surface area (Å²) >= 11 is 0. The van der Waals surface area contributed by atoms with Gasteiger partial charge < -0.3 is 0 Å². The molecule has 1 aliphatic heterocycles. The van der Waals surface area contributed by atoms with E-state index in [9.17, 15) is 0 Å². The molecule has 1 heteroatoms. The molecule has 5 aromatic rings. The molecule has 0 amide bonds. The summed E-state index contributed by atoms with van der Waals surface area (Å²) in [6, 6.07) is 47.6. The molecular formula is C31H24Si. The van der Waals surface area contributed by atoms with Gasteiger partial charge in [0.15, 0.2) is 8.07 Å². The van der Waals surface area contributed by atoms with Crippen LogP contribution in [0.1, 0.15) is 5.56 Å². The largest absolute Gasteiger partial charge is 0.180 e. The summed E-state index contributed by atoms with van der Waals surface area (Å²) < 4.78 is 0. The van der Waals surface area contributed by atoms with Crippen molar-refractivity contribution in [2.24, 2.45) is 0 Å². The van der Waals surface area contributed by atoms with Crippen LogP contribution >= 0.6 is 0 Å². The van der Waals surface area contributed by atoms with Gasteiger partial charge in [-0.2, -0.15) is 0 Å². The molecule has 5 aromatic carbocycles. The van der Waals surface area contributed by atoms with Gasteiger partial charge in [-0.05, 0) is 49.9 Å². The minimum absolute atomic E-state index is 1.30. The Morgan fingerprint density at radius 3 is 1.50 bits per heavy atom. The molecule has 0 fully saturated rings. The Kier molecular flexibility index (Phi) is 4.45. The molecule has 1 heterocycles. The van der Waals surface area contributed by atoms with E-state index < -0.39 is 8.07 Å². The van der Waals surface area contributed by atoms with E-state index in [2.05, 4.69) is 134 Å². The van der Waals surface area contributed by atoms with Gasteiger partial charge in [0, 0.05) is 0 Å². The van der Waals surface area contributed by atoms with Crippen molar-refractivity contribution in [2.75, 3.05) is 0 Å². The molecule has 0 bridgehead atoms. The second kappa shape index (κ2) is 7.47. The third-order valence-electron chi connectivity index (χ3n) is 6.83. The monoisotopic (exact) mass is 424 g/mol. The van der Waals surface area contributed by atoms with Gasteiger partial charge >= 0.3 is 0 Å². The van der Waals surface area contributed by atoms with E-state index in [1.807, 2.05) is 0 Å². The van der Waals surface area contributed by atoms with Gasteiger partial charge in [-0.15, -0.1) is 0 Å². The highest BCUT2D eigenvalue weighted by molar-refractivity contribution is 7.21. The van der Waals surface area contributed by atoms with Crippen LogP contribution in [0.25, 0.3) is 22.3 Å². The first-order chi connectivity index (χ1) is 15.8. The minimum Gasteiger partial charge on any atom is -0.0623 e. The third kappa shape index (κ3) is 2.68. The maximum atomic E-state index is 2.41. The zero-order valence-corrected chi connectivity index (χ0v) is 19.1. The first-order valence-corrected chi connectivity index (χ1v) is 13.2. The van der Waals surface area contributed by atoms with Crippen LogP contribution in [0.2, 0.25) is 0 Å². The number of benzene rings is 5. The van der Waals surface area contributed by atoms with Gasteiger partial charge in [0.05, 0.1) is 0 Å². The molecule has 0 atom stereocenters. The minimum atomic E-state index is -2.55. The van der Waals surface area contributed by atoms with Crippen molar-refractivity contribution in [1.82, 2.24) is 0 Å². The molecule has 0 spiro atoms. The van der Waals surface area contributed by atoms with Gasteiger partial charge in [0.25, 0.3) is 0 Å². The van der Waals surface area contributed by atoms with Crippen LogP contribution < -0.4 is 20.7 Å². The normalized spacial score (nSPS) is 13.4. The lowest BCUT2D eigenvalue weighted by molar-refractivity contribution is 1.48. The maximum absolute atomic E-state index is 2.55. The predicted octanol–water partition coefficient (Wildman–Crippen LogP) is 5.02. The molecule has 0 N–H and O–H groups in total. The van der Waals surface area contributed by atoms with Gasteiger partial charge in [-0.3, -0.25) is 0 Å². The van der Waals surface area contributed by atoms with Gasteiger partial charge in [-0.25, -0.2) is 0 Å². The fourth-order valence-corrected chi connectivity index (χ4v) is 10.7. The lowest BCUT2D eigenvalue weighted by Crippen LogP contribution is -2.75. The molecule has 0 aromatic heterocycles. The van der Waals surface area contributed by atoms with Gasteiger partial charge in [0.1, 0.15) is 0 Å². The highest BCUT2D eigenvalue weighted by Gasteiger charge is 2.46. The Morgan fingerprint density at radius 2 is 0.875 bits per heavy atom. The summed E-state index contributed by atoms with van der Waals surface area (Å²) in [5, 5.41) is 5.79. The molecule has 0 saturated carbocycles. The molecule has 6 rings (SSSR count). The summed E-state index contributed by atoms with van der Waals surface area (Å²) in [6.07, 6.45) is 0. The second-order valence-electron chi connectivity index (χ2n) is 8.62. The van der Waals surface area contributed by atoms with E-state index in [1.165, 1.54) is 48.6 Å². The van der Waals surface area contributed by atoms with E-state index in [1.54, 1.807) is 0 Å². The summed E-state index contributed by atoms with van der Waals surface area (Å²) in [7, 11) is -2.55. The summed E-state index contributed by atoms with van der Waals surface area (Å²) in [6.45, 7) is 2.20. The first-order valence-electron chi connectivity index (χ1n) is 11.2. The molecule has 1 aliphatic rings. The number of hydrogen-bond acceptors (Lipinski definition) is 0. The Balaban J connectivity index is 1.89. The van der Waals surface area contributed by atoms with Crippen LogP contribution in [0.15, 0.2) is 127 Å². The Morgan fingerprint density at radius 1 is 0.406 bits per heavy atom. The van der Waals surface area contributed by atoms with E-state index in [4.69, 9.17) is 0 Å². The van der Waals surface area contributed by atoms with Crippen LogP contribution in [-0.4, -0.2) is 8.07 Å². The van der Waals surface area contributed by atoms with Crippen LogP contribution in [-0.2, 0) is 0 Å². The smallest absolute Gasteiger partial charge is 0.0623 e. The lowest BCUT2D eigenvalue weighted by atomic mass is 9.94. The lowest BCUT2D eigenvalue weighted by Gasteiger charge is -2.35. The molecule has 0 radical (unpaired) electrons. The van der Waals surface area contributed by atoms with Crippen molar-refractivity contribution in [3.05, 3.63) is 133 Å². The van der Waals surface area contributed by atoms with Crippen LogP contribution in [0, 0.1) is 6.92 Å². The molecule has 0 unspecified atom stereocenters. The Labute approximate surface area is 190 Å². The Bertz CT molecular complexity index is 1380. The number of fused-ring (bicyclic) bond motifs is 5. The average Bonchev–Trinajstić information content (AvgIpc) is 2.97. The summed E-state index contributed by atoms with van der Waals surface area (Å²) in [5.74, 6) is 0. The highest BCUT2D eigenvalue weighted by Crippen LogP contribution is 2.35. The van der Waals surface area contributed by atoms with E-state index in [0.717, 1.165) is 0 Å². The average molecular weight is 425 g/mol. The van der Waals surface area contributed by atoms with Gasteiger partial charge in [0.2, 0.25) is 0 Å². The van der Waals surface area contributed by atoms with Crippen molar-refractivity contribution < 1.29 is 0 Å². The van der Waals surface area contributed by atoms with E-state index in [-0.39, 0.29) is 0 Å². The van der Waals surface area contributed by atoms with Crippen LogP contribution in [0.4, 0.5) is 0 Å². The quantitative estimate of drug-likeness (QED) is 0.343. The van der Waals surface area contributed by atoms with Crippen molar-refractivity contribution in [1.29, 1.82) is 0 Å². The van der Waals surface area contributed by atoms with Crippen molar-refractivity contribution in [3.8, 4) is 22.3 Å². The third-order valence-corrected chi connectivity index (χ3v) is 11.7. The number of rotatable bonds is 2. The summed E-state index contributed by atoms with van der Waals surface area (Å²) in [4.78, 5) is 0. The van der Waals surface area contributed by atoms with Gasteiger partial charge in [-0.1, -0.05) is 133 Å². The molecule has 32 heavy (non-hydrogen) atoms. The fourth-order valence-electron chi connectivity index (χ4n) is 5.52. The first kappa shape index (κ1) is 19.0. The maximum Gasteiger partial charge on any atom is 0.180 e. The topological polar surface area (TPSA) is 0 Å². The molecule has 0 aliphatic carbocycles. The van der Waals surface area contributed by atoms with E-state index in [0.29, 0.717) is 0 Å². The zero-order chi connectivity index (χ0) is 21.5. The molecule has 152 valence electrons. The fraction of sp³-hybridized carbons (Fsp3) is 0.0323. The Hall–Kier alpha value is -3.68. The van der Waals surface area contributed by atoms with Crippen molar-refractivity contribution in [3.63, 3.8) is 0 Å².